The van der Waals surface area contributed by atoms with Crippen LogP contribution in [0.25, 0.3) is 0 Å². The van der Waals surface area contributed by atoms with Crippen molar-refractivity contribution in [2.45, 2.75) is 22.7 Å². The van der Waals surface area contributed by atoms with Crippen LogP contribution >= 0.6 is 34.9 Å². The van der Waals surface area contributed by atoms with Crippen molar-refractivity contribution in [1.29, 1.82) is 0 Å². The fraction of sp³-hybridized carbons (Fsp3) is 0.385. The minimum atomic E-state index is 0.696. The van der Waals surface area contributed by atoms with E-state index in [9.17, 15) is 0 Å². The smallest absolute Gasteiger partial charge is 0.174 e. The van der Waals surface area contributed by atoms with Crippen molar-refractivity contribution in [1.82, 2.24) is 14.7 Å². The van der Waals surface area contributed by atoms with E-state index in [2.05, 4.69) is 20.7 Å². The van der Waals surface area contributed by atoms with Gasteiger partial charge in [-0.25, -0.2) is 4.98 Å². The van der Waals surface area contributed by atoms with Crippen molar-refractivity contribution in [2.75, 3.05) is 20.3 Å². The van der Waals surface area contributed by atoms with Crippen LogP contribution in [0.4, 0.5) is 0 Å². The van der Waals surface area contributed by atoms with E-state index in [-0.39, 0.29) is 0 Å². The molecule has 0 spiro atoms. The molecule has 0 fully saturated rings. The van der Waals surface area contributed by atoms with E-state index in [0.29, 0.717) is 6.61 Å². The number of aromatic nitrogens is 2. The van der Waals surface area contributed by atoms with Gasteiger partial charge in [0.15, 0.2) is 4.34 Å². The molecule has 7 heteroatoms. The number of nitrogens with zero attached hydrogens (tertiary/aromatic N) is 2. The molecule has 1 N–H and O–H groups in total. The summed E-state index contributed by atoms with van der Waals surface area (Å²) in [5, 5.41) is 4.04. The summed E-state index contributed by atoms with van der Waals surface area (Å²) in [6.45, 7) is 4.14. The molecule has 1 aromatic carbocycles. The van der Waals surface area contributed by atoms with Crippen LogP contribution in [0.2, 0.25) is 5.02 Å². The molecule has 0 saturated heterocycles. The van der Waals surface area contributed by atoms with Gasteiger partial charge < -0.3 is 10.1 Å². The van der Waals surface area contributed by atoms with Crippen molar-refractivity contribution < 1.29 is 4.74 Å². The molecule has 0 atom stereocenters. The molecule has 0 aliphatic carbocycles. The predicted molar refractivity (Wildman–Crippen MR) is 83.8 cm³/mol. The number of halogens is 1. The molecule has 1 aromatic heterocycles. The van der Waals surface area contributed by atoms with Gasteiger partial charge in [-0.3, -0.25) is 0 Å². The van der Waals surface area contributed by atoms with Gasteiger partial charge in [0.2, 0.25) is 0 Å². The van der Waals surface area contributed by atoms with Crippen LogP contribution in [0.15, 0.2) is 27.4 Å². The normalized spacial score (nSPS) is 10.9. The average Bonchev–Trinajstić information content (AvgIpc) is 2.82. The molecular formula is C13H16ClN3OS2. The molecule has 2 rings (SSSR count). The zero-order chi connectivity index (χ0) is 14.4. The number of benzene rings is 1. The molecule has 0 unspecified atom stereocenters. The fourth-order valence-electron chi connectivity index (χ4n) is 1.55. The lowest BCUT2D eigenvalue weighted by atomic mass is 10.2. The minimum Gasteiger partial charge on any atom is -0.383 e. The van der Waals surface area contributed by atoms with E-state index >= 15 is 0 Å². The van der Waals surface area contributed by atoms with Crippen molar-refractivity contribution in [3.05, 3.63) is 34.6 Å². The number of rotatable bonds is 7. The largest absolute Gasteiger partial charge is 0.383 e. The number of ether oxygens (including phenoxy) is 1. The van der Waals surface area contributed by atoms with E-state index in [0.717, 1.165) is 38.7 Å². The second-order valence-corrected chi connectivity index (χ2v) is 6.61. The van der Waals surface area contributed by atoms with E-state index in [1.54, 1.807) is 18.9 Å². The Morgan fingerprint density at radius 2 is 2.30 bits per heavy atom. The van der Waals surface area contributed by atoms with Crippen LogP contribution in [-0.2, 0) is 11.3 Å². The average molecular weight is 330 g/mol. The summed E-state index contributed by atoms with van der Waals surface area (Å²) in [5.74, 6) is 0.808. The Morgan fingerprint density at radius 1 is 1.45 bits per heavy atom. The summed E-state index contributed by atoms with van der Waals surface area (Å²) in [5.41, 5.74) is 1.08. The lowest BCUT2D eigenvalue weighted by molar-refractivity contribution is 0.199. The highest BCUT2D eigenvalue weighted by atomic mass is 35.5. The van der Waals surface area contributed by atoms with Crippen LogP contribution in [-0.4, -0.2) is 29.6 Å². The second kappa shape index (κ2) is 7.95. The van der Waals surface area contributed by atoms with E-state index in [1.165, 1.54) is 11.5 Å². The Labute approximate surface area is 132 Å². The molecule has 2 aromatic rings. The van der Waals surface area contributed by atoms with Crippen LogP contribution in [0, 0.1) is 6.92 Å². The summed E-state index contributed by atoms with van der Waals surface area (Å²) in [4.78, 5) is 5.40. The first-order valence-corrected chi connectivity index (χ1v) is 8.12. The van der Waals surface area contributed by atoms with Gasteiger partial charge >= 0.3 is 0 Å². The zero-order valence-electron chi connectivity index (χ0n) is 11.4. The number of nitrogens with one attached hydrogen (secondary N) is 1. The molecule has 0 bridgehead atoms. The Balaban J connectivity index is 1.94. The van der Waals surface area contributed by atoms with E-state index < -0.39 is 0 Å². The van der Waals surface area contributed by atoms with Gasteiger partial charge in [-0.05, 0) is 36.2 Å². The van der Waals surface area contributed by atoms with Gasteiger partial charge in [-0.2, -0.15) is 4.37 Å². The minimum absolute atomic E-state index is 0.696. The van der Waals surface area contributed by atoms with Crippen LogP contribution in [0.3, 0.4) is 0 Å². The van der Waals surface area contributed by atoms with Gasteiger partial charge in [0.25, 0.3) is 0 Å². The number of aryl methyl sites for hydroxylation is 1. The molecule has 0 saturated carbocycles. The Hall–Kier alpha value is -0.660. The van der Waals surface area contributed by atoms with Crippen molar-refractivity contribution in [3.8, 4) is 0 Å². The van der Waals surface area contributed by atoms with Crippen molar-refractivity contribution in [2.24, 2.45) is 0 Å². The summed E-state index contributed by atoms with van der Waals surface area (Å²) < 4.78 is 10.1. The first-order valence-electron chi connectivity index (χ1n) is 6.15. The van der Waals surface area contributed by atoms with Crippen LogP contribution in [0.1, 0.15) is 11.4 Å². The third kappa shape index (κ3) is 4.71. The molecule has 108 valence electrons. The maximum atomic E-state index is 6.30. The highest BCUT2D eigenvalue weighted by molar-refractivity contribution is 8.01. The monoisotopic (exact) mass is 329 g/mol. The molecule has 4 nitrogen and oxygen atoms in total. The molecule has 0 amide bonds. The molecular weight excluding hydrogens is 314 g/mol. The zero-order valence-corrected chi connectivity index (χ0v) is 13.7. The molecule has 0 aliphatic rings. The lowest BCUT2D eigenvalue weighted by Crippen LogP contribution is -2.18. The quantitative estimate of drug-likeness (QED) is 0.789. The van der Waals surface area contributed by atoms with Gasteiger partial charge in [0.1, 0.15) is 5.82 Å². The molecule has 20 heavy (non-hydrogen) atoms. The highest BCUT2D eigenvalue weighted by Gasteiger charge is 2.06. The van der Waals surface area contributed by atoms with Gasteiger partial charge in [-0.1, -0.05) is 29.4 Å². The number of hydrogen-bond donors (Lipinski definition) is 1. The van der Waals surface area contributed by atoms with Gasteiger partial charge in [-0.15, -0.1) is 0 Å². The molecule has 0 radical (unpaired) electrons. The number of methoxy groups -OCH3 is 1. The van der Waals surface area contributed by atoms with Gasteiger partial charge in [0, 0.05) is 30.1 Å². The van der Waals surface area contributed by atoms with Crippen molar-refractivity contribution >= 4 is 34.9 Å². The SMILES string of the molecule is COCCNCc1ccc(Sc2nc(C)ns2)cc1Cl. The molecule has 0 aliphatic heterocycles. The molecule has 1 heterocycles. The predicted octanol–water partition coefficient (Wildman–Crippen LogP) is 3.39. The van der Waals surface area contributed by atoms with Crippen LogP contribution < -0.4 is 5.32 Å². The van der Waals surface area contributed by atoms with Crippen LogP contribution in [0.5, 0.6) is 0 Å². The summed E-state index contributed by atoms with van der Waals surface area (Å²) in [6, 6.07) is 6.06. The second-order valence-electron chi connectivity index (χ2n) is 4.13. The summed E-state index contributed by atoms with van der Waals surface area (Å²) in [6.07, 6.45) is 0. The maximum absolute atomic E-state index is 6.30. The van der Waals surface area contributed by atoms with Gasteiger partial charge in [0.05, 0.1) is 6.61 Å². The first kappa shape index (κ1) is 15.7. The third-order valence-electron chi connectivity index (χ3n) is 2.54. The summed E-state index contributed by atoms with van der Waals surface area (Å²) >= 11 is 9.29. The van der Waals surface area contributed by atoms with E-state index in [4.69, 9.17) is 16.3 Å². The Bertz CT molecular complexity index is 562. The standard InChI is InChI=1S/C13H16ClN3OS2/c1-9-16-13(20-17-9)19-11-4-3-10(12(14)7-11)8-15-5-6-18-2/h3-4,7,15H,5-6,8H2,1-2H3. The fourth-order valence-corrected chi connectivity index (χ4v) is 3.53. The van der Waals surface area contributed by atoms with Crippen molar-refractivity contribution in [3.63, 3.8) is 0 Å². The topological polar surface area (TPSA) is 47.0 Å². The Morgan fingerprint density at radius 3 is 2.95 bits per heavy atom. The van der Waals surface area contributed by atoms with E-state index in [1.807, 2.05) is 19.1 Å². The first-order chi connectivity index (χ1) is 9.69. The summed E-state index contributed by atoms with van der Waals surface area (Å²) in [7, 11) is 1.69. The number of hydrogen-bond acceptors (Lipinski definition) is 6. The lowest BCUT2D eigenvalue weighted by Gasteiger charge is -2.07. The third-order valence-corrected chi connectivity index (χ3v) is 4.72. The maximum Gasteiger partial charge on any atom is 0.174 e. The highest BCUT2D eigenvalue weighted by Crippen LogP contribution is 2.31. The Kier molecular flexibility index (Phi) is 6.25.